The van der Waals surface area contributed by atoms with E-state index in [9.17, 15) is 23.7 Å². The van der Waals surface area contributed by atoms with E-state index in [0.29, 0.717) is 24.0 Å². The maximum absolute atomic E-state index is 13.6. The van der Waals surface area contributed by atoms with Crippen molar-refractivity contribution in [2.45, 2.75) is 0 Å². The first-order valence-corrected chi connectivity index (χ1v) is 5.38. The van der Waals surface area contributed by atoms with E-state index < -0.39 is 28.0 Å². The minimum atomic E-state index is -1.21. The first-order valence-electron chi connectivity index (χ1n) is 5.38. The van der Waals surface area contributed by atoms with E-state index in [1.165, 1.54) is 24.3 Å². The lowest BCUT2D eigenvalue weighted by Gasteiger charge is -2.07. The molecule has 0 spiro atoms. The number of aldehydes is 1. The smallest absolute Gasteiger partial charge is 0.307 e. The van der Waals surface area contributed by atoms with E-state index in [1.54, 1.807) is 0 Å². The highest BCUT2D eigenvalue weighted by atomic mass is 19.1. The summed E-state index contributed by atoms with van der Waals surface area (Å²) in [6.07, 6.45) is 0.569. The molecule has 0 aliphatic heterocycles. The van der Waals surface area contributed by atoms with Gasteiger partial charge < -0.3 is 4.74 Å². The van der Waals surface area contributed by atoms with Gasteiger partial charge in [0.15, 0.2) is 11.6 Å². The van der Waals surface area contributed by atoms with Gasteiger partial charge in [-0.05, 0) is 12.1 Å². The molecule has 102 valence electrons. The van der Waals surface area contributed by atoms with E-state index in [2.05, 4.69) is 0 Å². The van der Waals surface area contributed by atoms with E-state index in [4.69, 9.17) is 4.74 Å². The SMILES string of the molecule is O=Cc1cccc(Oc2cc(F)c([N+](=O)[O-])cc2F)c1. The predicted octanol–water partition coefficient (Wildman–Crippen LogP) is 3.48. The van der Waals surface area contributed by atoms with Crippen LogP contribution in [-0.4, -0.2) is 11.2 Å². The minimum absolute atomic E-state index is 0.113. The van der Waals surface area contributed by atoms with Crippen molar-refractivity contribution in [3.63, 3.8) is 0 Å². The van der Waals surface area contributed by atoms with E-state index in [0.717, 1.165) is 0 Å². The fraction of sp³-hybridized carbons (Fsp3) is 0. The topological polar surface area (TPSA) is 69.4 Å². The molecule has 0 unspecified atom stereocenters. The van der Waals surface area contributed by atoms with Crippen molar-refractivity contribution in [2.75, 3.05) is 0 Å². The zero-order chi connectivity index (χ0) is 14.7. The van der Waals surface area contributed by atoms with E-state index in [-0.39, 0.29) is 5.75 Å². The summed E-state index contributed by atoms with van der Waals surface area (Å²) < 4.78 is 32.0. The second-order valence-electron chi connectivity index (χ2n) is 3.78. The van der Waals surface area contributed by atoms with Gasteiger partial charge in [-0.2, -0.15) is 4.39 Å². The van der Waals surface area contributed by atoms with Crippen LogP contribution in [0.3, 0.4) is 0 Å². The summed E-state index contributed by atoms with van der Waals surface area (Å²) in [6, 6.07) is 6.79. The van der Waals surface area contributed by atoms with Gasteiger partial charge in [0.2, 0.25) is 5.82 Å². The van der Waals surface area contributed by atoms with Gasteiger partial charge in [0.05, 0.1) is 11.0 Å². The number of rotatable bonds is 4. The third-order valence-corrected chi connectivity index (χ3v) is 2.42. The summed E-state index contributed by atoms with van der Waals surface area (Å²) in [4.78, 5) is 20.0. The summed E-state index contributed by atoms with van der Waals surface area (Å²) in [7, 11) is 0. The van der Waals surface area contributed by atoms with Crippen molar-refractivity contribution in [3.05, 3.63) is 63.7 Å². The molecule has 2 rings (SSSR count). The Morgan fingerprint density at radius 1 is 1.15 bits per heavy atom. The normalized spacial score (nSPS) is 10.1. The van der Waals surface area contributed by atoms with Crippen LogP contribution in [0.4, 0.5) is 14.5 Å². The molecule has 0 N–H and O–H groups in total. The summed E-state index contributed by atoms with van der Waals surface area (Å²) >= 11 is 0. The lowest BCUT2D eigenvalue weighted by atomic mass is 10.2. The molecule has 0 atom stereocenters. The van der Waals surface area contributed by atoms with Gasteiger partial charge in [0.1, 0.15) is 12.0 Å². The first-order chi connectivity index (χ1) is 9.51. The van der Waals surface area contributed by atoms with Crippen molar-refractivity contribution in [1.82, 2.24) is 0 Å². The van der Waals surface area contributed by atoms with Gasteiger partial charge in [-0.15, -0.1) is 0 Å². The monoisotopic (exact) mass is 279 g/mol. The Labute approximate surface area is 111 Å². The van der Waals surface area contributed by atoms with Crippen LogP contribution >= 0.6 is 0 Å². The van der Waals surface area contributed by atoms with Crippen LogP contribution < -0.4 is 4.74 Å². The number of halogens is 2. The summed E-state index contributed by atoms with van der Waals surface area (Å²) in [5.74, 6) is -2.68. The third-order valence-electron chi connectivity index (χ3n) is 2.42. The Morgan fingerprint density at radius 2 is 1.90 bits per heavy atom. The van der Waals surface area contributed by atoms with Crippen molar-refractivity contribution in [1.29, 1.82) is 0 Å². The molecule has 0 amide bonds. The lowest BCUT2D eigenvalue weighted by molar-refractivity contribution is -0.387. The van der Waals surface area contributed by atoms with Gasteiger partial charge in [-0.1, -0.05) is 12.1 Å². The number of benzene rings is 2. The van der Waals surface area contributed by atoms with Crippen LogP contribution in [-0.2, 0) is 0 Å². The van der Waals surface area contributed by atoms with Crippen LogP contribution in [0, 0.1) is 21.7 Å². The van der Waals surface area contributed by atoms with Gasteiger partial charge in [0.25, 0.3) is 0 Å². The number of nitro groups is 1. The van der Waals surface area contributed by atoms with Crippen molar-refractivity contribution >= 4 is 12.0 Å². The molecule has 0 saturated carbocycles. The fourth-order valence-electron chi connectivity index (χ4n) is 1.51. The van der Waals surface area contributed by atoms with Gasteiger partial charge in [-0.3, -0.25) is 14.9 Å². The molecule has 0 aliphatic rings. The van der Waals surface area contributed by atoms with Gasteiger partial charge in [-0.25, -0.2) is 4.39 Å². The second-order valence-corrected chi connectivity index (χ2v) is 3.78. The molecule has 0 saturated heterocycles. The quantitative estimate of drug-likeness (QED) is 0.488. The number of hydrogen-bond donors (Lipinski definition) is 0. The highest BCUT2D eigenvalue weighted by molar-refractivity contribution is 5.75. The molecular weight excluding hydrogens is 272 g/mol. The summed E-state index contributed by atoms with van der Waals surface area (Å²) in [5.41, 5.74) is -0.679. The Hall–Kier alpha value is -2.83. The Bertz CT molecular complexity index is 688. The Balaban J connectivity index is 2.36. The van der Waals surface area contributed by atoms with Crippen LogP contribution in [0.1, 0.15) is 10.4 Å². The first kappa shape index (κ1) is 13.6. The maximum atomic E-state index is 13.6. The highest BCUT2D eigenvalue weighted by Crippen LogP contribution is 2.30. The zero-order valence-corrected chi connectivity index (χ0v) is 9.88. The number of hydrogen-bond acceptors (Lipinski definition) is 4. The lowest BCUT2D eigenvalue weighted by Crippen LogP contribution is -1.96. The van der Waals surface area contributed by atoms with Crippen molar-refractivity contribution in [2.24, 2.45) is 0 Å². The molecule has 0 aromatic heterocycles. The molecule has 2 aromatic rings. The number of carbonyl (C=O) groups excluding carboxylic acids is 1. The third kappa shape index (κ3) is 2.77. The maximum Gasteiger partial charge on any atom is 0.307 e. The van der Waals surface area contributed by atoms with E-state index in [1.807, 2.05) is 0 Å². The number of nitro benzene ring substituents is 1. The standard InChI is InChI=1S/C13H7F2NO4/c14-10-6-13(11(15)5-12(10)16(18)19)20-9-3-1-2-8(4-9)7-17/h1-7H. The zero-order valence-electron chi connectivity index (χ0n) is 9.88. The van der Waals surface area contributed by atoms with Crippen LogP contribution in [0.2, 0.25) is 0 Å². The molecule has 20 heavy (non-hydrogen) atoms. The van der Waals surface area contributed by atoms with Crippen molar-refractivity contribution < 1.29 is 23.2 Å². The van der Waals surface area contributed by atoms with Crippen LogP contribution in [0.15, 0.2) is 36.4 Å². The van der Waals surface area contributed by atoms with E-state index >= 15 is 0 Å². The van der Waals surface area contributed by atoms with Gasteiger partial charge >= 0.3 is 5.69 Å². The predicted molar refractivity (Wildman–Crippen MR) is 64.9 cm³/mol. The molecule has 7 heteroatoms. The highest BCUT2D eigenvalue weighted by Gasteiger charge is 2.19. The Kier molecular flexibility index (Phi) is 3.69. The van der Waals surface area contributed by atoms with Crippen LogP contribution in [0.25, 0.3) is 0 Å². The van der Waals surface area contributed by atoms with Crippen LogP contribution in [0.5, 0.6) is 11.5 Å². The average molecular weight is 279 g/mol. The second kappa shape index (κ2) is 5.43. The molecular formula is C13H7F2NO4. The Morgan fingerprint density at radius 3 is 2.55 bits per heavy atom. The number of nitrogens with zero attached hydrogens (tertiary/aromatic N) is 1. The number of ether oxygens (including phenoxy) is 1. The summed E-state index contributed by atoms with van der Waals surface area (Å²) in [5, 5.41) is 10.4. The molecule has 0 bridgehead atoms. The fourth-order valence-corrected chi connectivity index (χ4v) is 1.51. The largest absolute Gasteiger partial charge is 0.454 e. The summed E-state index contributed by atoms with van der Waals surface area (Å²) in [6.45, 7) is 0. The molecule has 0 heterocycles. The molecule has 2 aromatic carbocycles. The molecule has 0 fully saturated rings. The molecule has 5 nitrogen and oxygen atoms in total. The average Bonchev–Trinajstić information content (AvgIpc) is 2.42. The number of carbonyl (C=O) groups is 1. The van der Waals surface area contributed by atoms with Crippen molar-refractivity contribution in [3.8, 4) is 11.5 Å². The molecule has 0 radical (unpaired) electrons. The van der Waals surface area contributed by atoms with Gasteiger partial charge in [0, 0.05) is 11.6 Å². The minimum Gasteiger partial charge on any atom is -0.454 e. The molecule has 0 aliphatic carbocycles.